The number of hydrogen-bond donors (Lipinski definition) is 1. The van der Waals surface area contributed by atoms with Gasteiger partial charge in [-0.2, -0.15) is 0 Å². The van der Waals surface area contributed by atoms with Gasteiger partial charge < -0.3 is 4.74 Å². The van der Waals surface area contributed by atoms with E-state index in [1.807, 2.05) is 0 Å². The van der Waals surface area contributed by atoms with Crippen LogP contribution in [0.1, 0.15) is 0 Å². The van der Waals surface area contributed by atoms with Crippen LogP contribution in [0.2, 0.25) is 0 Å². The van der Waals surface area contributed by atoms with Gasteiger partial charge in [-0.05, 0) is 23.8 Å². The Morgan fingerprint density at radius 2 is 1.24 bits per heavy atom. The molecular weight excluding hydrogens is 410 g/mol. The third-order valence-electron chi connectivity index (χ3n) is 3.70. The van der Waals surface area contributed by atoms with Crippen molar-refractivity contribution in [1.29, 1.82) is 0 Å². The molecule has 29 heavy (non-hydrogen) atoms. The SMILES string of the molecule is Fc1ccccc1-c1cc(F)c(NC(F)(F)Oc2cc(F)c(F)c(F)c2)c(F)c1. The van der Waals surface area contributed by atoms with Crippen LogP contribution in [0.5, 0.6) is 5.75 Å². The Hall–Kier alpha value is -3.30. The summed E-state index contributed by atoms with van der Waals surface area (Å²) in [6, 6.07) is 6.49. The van der Waals surface area contributed by atoms with Crippen LogP contribution >= 0.6 is 0 Å². The van der Waals surface area contributed by atoms with Gasteiger partial charge >= 0.3 is 6.23 Å². The summed E-state index contributed by atoms with van der Waals surface area (Å²) in [5.41, 5.74) is -1.76. The first kappa shape index (κ1) is 20.4. The first-order valence-corrected chi connectivity index (χ1v) is 7.81. The minimum Gasteiger partial charge on any atom is -0.415 e. The van der Waals surface area contributed by atoms with E-state index in [1.54, 1.807) is 0 Å². The van der Waals surface area contributed by atoms with Gasteiger partial charge in [-0.1, -0.05) is 18.2 Å². The van der Waals surface area contributed by atoms with Gasteiger partial charge in [0.2, 0.25) is 0 Å². The molecule has 0 heterocycles. The summed E-state index contributed by atoms with van der Waals surface area (Å²) in [6.07, 6.45) is -4.54. The minimum absolute atomic E-state index is 0.127. The molecule has 3 rings (SSSR count). The van der Waals surface area contributed by atoms with Crippen molar-refractivity contribution in [1.82, 2.24) is 0 Å². The van der Waals surface area contributed by atoms with Crippen LogP contribution in [0.3, 0.4) is 0 Å². The third kappa shape index (κ3) is 4.41. The fraction of sp³-hybridized carbons (Fsp3) is 0.0526. The summed E-state index contributed by atoms with van der Waals surface area (Å²) in [5.74, 6) is -10.5. The Kier molecular flexibility index (Phi) is 5.36. The maximum Gasteiger partial charge on any atom is 0.494 e. The highest BCUT2D eigenvalue weighted by molar-refractivity contribution is 5.67. The van der Waals surface area contributed by atoms with Crippen LogP contribution in [0.25, 0.3) is 11.1 Å². The molecule has 0 aliphatic rings. The van der Waals surface area contributed by atoms with Crippen LogP contribution in [-0.4, -0.2) is 6.23 Å². The lowest BCUT2D eigenvalue weighted by molar-refractivity contribution is -0.150. The first-order chi connectivity index (χ1) is 13.6. The van der Waals surface area contributed by atoms with E-state index in [2.05, 4.69) is 4.74 Å². The second-order valence-corrected chi connectivity index (χ2v) is 5.74. The van der Waals surface area contributed by atoms with E-state index in [1.165, 1.54) is 18.2 Å². The quantitative estimate of drug-likeness (QED) is 0.229. The topological polar surface area (TPSA) is 21.3 Å². The molecule has 0 radical (unpaired) electrons. The van der Waals surface area contributed by atoms with Crippen LogP contribution < -0.4 is 10.1 Å². The Morgan fingerprint density at radius 3 is 1.79 bits per heavy atom. The molecule has 152 valence electrons. The summed E-state index contributed by atoms with van der Waals surface area (Å²) in [4.78, 5) is 0. The number of ether oxygens (including phenoxy) is 1. The summed E-state index contributed by atoms with van der Waals surface area (Å²) in [7, 11) is 0. The highest BCUT2D eigenvalue weighted by Crippen LogP contribution is 2.32. The highest BCUT2D eigenvalue weighted by Gasteiger charge is 2.35. The van der Waals surface area contributed by atoms with Crippen LogP contribution in [0.4, 0.5) is 40.8 Å². The monoisotopic (exact) mass is 419 g/mol. The lowest BCUT2D eigenvalue weighted by Gasteiger charge is -2.21. The number of rotatable bonds is 5. The van der Waals surface area contributed by atoms with Crippen molar-refractivity contribution in [2.75, 3.05) is 5.32 Å². The van der Waals surface area contributed by atoms with Crippen molar-refractivity contribution in [2.24, 2.45) is 0 Å². The van der Waals surface area contributed by atoms with E-state index in [0.29, 0.717) is 12.1 Å². The van der Waals surface area contributed by atoms with Crippen molar-refractivity contribution in [3.63, 3.8) is 0 Å². The number of benzene rings is 3. The van der Waals surface area contributed by atoms with Crippen molar-refractivity contribution < 1.29 is 39.9 Å². The second kappa shape index (κ2) is 7.61. The Balaban J connectivity index is 1.88. The molecule has 0 aliphatic heterocycles. The van der Waals surface area contributed by atoms with E-state index in [4.69, 9.17) is 0 Å². The summed E-state index contributed by atoms with van der Waals surface area (Å²) in [5, 5.41) is 1.11. The molecule has 0 unspecified atom stereocenters. The van der Waals surface area contributed by atoms with E-state index < -0.39 is 52.6 Å². The number of anilines is 1. The number of nitrogens with one attached hydrogen (secondary N) is 1. The molecule has 0 fully saturated rings. The molecule has 3 aromatic rings. The number of halogens is 8. The minimum atomic E-state index is -4.54. The van der Waals surface area contributed by atoms with Gasteiger partial charge in [-0.15, -0.1) is 8.78 Å². The zero-order valence-electron chi connectivity index (χ0n) is 14.1. The molecule has 0 amide bonds. The molecule has 1 N–H and O–H groups in total. The van der Waals surface area contributed by atoms with Gasteiger partial charge in [0.1, 0.15) is 28.9 Å². The fourth-order valence-corrected chi connectivity index (χ4v) is 2.45. The maximum atomic E-state index is 14.2. The van der Waals surface area contributed by atoms with E-state index in [0.717, 1.165) is 11.4 Å². The Morgan fingerprint density at radius 1 is 0.690 bits per heavy atom. The lowest BCUT2D eigenvalue weighted by Crippen LogP contribution is -2.35. The number of alkyl halides is 2. The largest absolute Gasteiger partial charge is 0.494 e. The molecule has 0 saturated carbocycles. The molecule has 10 heteroatoms. The maximum absolute atomic E-state index is 14.2. The highest BCUT2D eigenvalue weighted by atomic mass is 19.3. The van der Waals surface area contributed by atoms with Gasteiger partial charge in [0, 0.05) is 17.7 Å². The lowest BCUT2D eigenvalue weighted by atomic mass is 10.0. The van der Waals surface area contributed by atoms with E-state index >= 15 is 0 Å². The van der Waals surface area contributed by atoms with Gasteiger partial charge in [0.15, 0.2) is 17.5 Å². The van der Waals surface area contributed by atoms with Gasteiger partial charge in [-0.25, -0.2) is 26.3 Å². The fourth-order valence-electron chi connectivity index (χ4n) is 2.45. The number of hydrogen-bond acceptors (Lipinski definition) is 2. The van der Waals surface area contributed by atoms with E-state index in [-0.39, 0.29) is 23.3 Å². The van der Waals surface area contributed by atoms with Crippen LogP contribution in [0, 0.1) is 34.9 Å². The van der Waals surface area contributed by atoms with Crippen molar-refractivity contribution in [3.8, 4) is 16.9 Å². The van der Waals surface area contributed by atoms with Gasteiger partial charge in [-0.3, -0.25) is 5.32 Å². The van der Waals surface area contributed by atoms with Crippen LogP contribution in [0.15, 0.2) is 48.5 Å². The predicted octanol–water partition coefficient (Wildman–Crippen LogP) is 6.23. The molecule has 0 aliphatic carbocycles. The van der Waals surface area contributed by atoms with Gasteiger partial charge in [0.05, 0.1) is 0 Å². The summed E-state index contributed by atoms with van der Waals surface area (Å²) >= 11 is 0. The molecule has 0 aromatic heterocycles. The predicted molar refractivity (Wildman–Crippen MR) is 87.3 cm³/mol. The van der Waals surface area contributed by atoms with Crippen molar-refractivity contribution >= 4 is 5.69 Å². The molecular formula is C19H9F8NO. The summed E-state index contributed by atoms with van der Waals surface area (Å²) < 4.78 is 113. The van der Waals surface area contributed by atoms with Crippen molar-refractivity contribution in [3.05, 3.63) is 83.4 Å². The standard InChI is InChI=1S/C19H9F8NO/c20-12-4-2-1-3-11(12)9-5-15(23)18(16(24)6-9)28-19(26,27)29-10-7-13(21)17(25)14(22)8-10/h1-8,28H. The summed E-state index contributed by atoms with van der Waals surface area (Å²) in [6.45, 7) is 0. The first-order valence-electron chi connectivity index (χ1n) is 7.81. The second-order valence-electron chi connectivity index (χ2n) is 5.74. The van der Waals surface area contributed by atoms with Gasteiger partial charge in [0.25, 0.3) is 0 Å². The van der Waals surface area contributed by atoms with Crippen LogP contribution in [-0.2, 0) is 0 Å². The zero-order valence-corrected chi connectivity index (χ0v) is 14.1. The molecule has 2 nitrogen and oxygen atoms in total. The van der Waals surface area contributed by atoms with E-state index in [9.17, 15) is 35.1 Å². The molecule has 0 spiro atoms. The zero-order chi connectivity index (χ0) is 21.3. The molecule has 0 bridgehead atoms. The molecule has 0 atom stereocenters. The smallest absolute Gasteiger partial charge is 0.415 e. The normalized spacial score (nSPS) is 11.4. The molecule has 0 saturated heterocycles. The third-order valence-corrected chi connectivity index (χ3v) is 3.70. The Bertz CT molecular complexity index is 1020. The molecule has 3 aromatic carbocycles. The average molecular weight is 419 g/mol. The average Bonchev–Trinajstić information content (AvgIpc) is 2.62. The Labute approximate surface area is 158 Å². The van der Waals surface area contributed by atoms with Crippen molar-refractivity contribution in [2.45, 2.75) is 6.23 Å².